The van der Waals surface area contributed by atoms with Crippen molar-refractivity contribution in [3.63, 3.8) is 0 Å². The van der Waals surface area contributed by atoms with Crippen molar-refractivity contribution in [3.8, 4) is 0 Å². The van der Waals surface area contributed by atoms with Gasteiger partial charge in [0.15, 0.2) is 0 Å². The third kappa shape index (κ3) is 2.12. The Morgan fingerprint density at radius 1 is 1.29 bits per heavy atom. The van der Waals surface area contributed by atoms with Crippen molar-refractivity contribution < 1.29 is 13.9 Å². The van der Waals surface area contributed by atoms with Crippen molar-refractivity contribution in [2.24, 2.45) is 5.92 Å². The van der Waals surface area contributed by atoms with E-state index in [1.165, 1.54) is 12.1 Å². The first kappa shape index (κ1) is 10.9. The zero-order chi connectivity index (χ0) is 11.8. The maximum atomic E-state index is 12.7. The van der Waals surface area contributed by atoms with Gasteiger partial charge in [-0.05, 0) is 37.0 Å². The number of hydrogen-bond donors (Lipinski definition) is 0. The van der Waals surface area contributed by atoms with Crippen LogP contribution in [0.1, 0.15) is 24.8 Å². The van der Waals surface area contributed by atoms with E-state index in [2.05, 4.69) is 0 Å². The predicted molar refractivity (Wildman–Crippen MR) is 61.1 cm³/mol. The summed E-state index contributed by atoms with van der Waals surface area (Å²) < 4.78 is 18.4. The summed E-state index contributed by atoms with van der Waals surface area (Å²) in [7, 11) is 0. The number of carbonyl (C=O) groups is 1. The smallest absolute Gasteiger partial charge is 0.143 e. The molecule has 0 amide bonds. The van der Waals surface area contributed by atoms with Gasteiger partial charge in [0.1, 0.15) is 11.6 Å². The lowest BCUT2D eigenvalue weighted by atomic mass is 9.84. The Bertz CT molecular complexity index is 426. The Morgan fingerprint density at radius 2 is 2.06 bits per heavy atom. The van der Waals surface area contributed by atoms with Crippen molar-refractivity contribution in [1.82, 2.24) is 0 Å². The maximum absolute atomic E-state index is 12.7. The minimum atomic E-state index is -0.260. The molecule has 0 aromatic heterocycles. The molecule has 2 heterocycles. The van der Waals surface area contributed by atoms with Gasteiger partial charge in [0, 0.05) is 12.3 Å². The highest BCUT2D eigenvalue weighted by Crippen LogP contribution is 2.39. The second-order valence-corrected chi connectivity index (χ2v) is 4.99. The fraction of sp³-hybridized carbons (Fsp3) is 0.500. The topological polar surface area (TPSA) is 26.3 Å². The van der Waals surface area contributed by atoms with Gasteiger partial charge in [-0.1, -0.05) is 12.1 Å². The lowest BCUT2D eigenvalue weighted by Gasteiger charge is -2.17. The van der Waals surface area contributed by atoms with E-state index in [1.807, 2.05) is 0 Å². The van der Waals surface area contributed by atoms with Gasteiger partial charge in [-0.25, -0.2) is 4.39 Å². The fourth-order valence-electron chi connectivity index (χ4n) is 2.91. The van der Waals surface area contributed by atoms with Crippen LogP contribution in [0.15, 0.2) is 24.3 Å². The zero-order valence-electron chi connectivity index (χ0n) is 9.56. The van der Waals surface area contributed by atoms with Gasteiger partial charge >= 0.3 is 0 Å². The highest BCUT2D eigenvalue weighted by atomic mass is 19.1. The number of benzene rings is 1. The number of fused-ring (bicyclic) bond motifs is 2. The molecular weight excluding hydrogens is 219 g/mol. The Morgan fingerprint density at radius 3 is 2.65 bits per heavy atom. The van der Waals surface area contributed by atoms with E-state index >= 15 is 0 Å². The molecule has 2 fully saturated rings. The quantitative estimate of drug-likeness (QED) is 0.803. The zero-order valence-corrected chi connectivity index (χ0v) is 9.56. The number of ketones is 1. The first-order valence-corrected chi connectivity index (χ1v) is 6.15. The molecule has 2 aliphatic rings. The van der Waals surface area contributed by atoms with Gasteiger partial charge in [0.25, 0.3) is 0 Å². The lowest BCUT2D eigenvalue weighted by molar-refractivity contribution is -0.123. The molecule has 2 bridgehead atoms. The molecule has 1 aromatic rings. The van der Waals surface area contributed by atoms with E-state index in [1.54, 1.807) is 12.1 Å². The number of halogens is 1. The van der Waals surface area contributed by atoms with Crippen LogP contribution in [0, 0.1) is 11.7 Å². The summed E-state index contributed by atoms with van der Waals surface area (Å²) in [4.78, 5) is 12.1. The van der Waals surface area contributed by atoms with Crippen LogP contribution in [-0.4, -0.2) is 18.0 Å². The van der Waals surface area contributed by atoms with Crippen LogP contribution in [-0.2, 0) is 16.0 Å². The number of rotatable bonds is 3. The van der Waals surface area contributed by atoms with Gasteiger partial charge in [-0.3, -0.25) is 4.79 Å². The molecule has 0 radical (unpaired) electrons. The van der Waals surface area contributed by atoms with Crippen LogP contribution in [0.3, 0.4) is 0 Å². The highest BCUT2D eigenvalue weighted by Gasteiger charge is 2.43. The average molecular weight is 234 g/mol. The summed E-state index contributed by atoms with van der Waals surface area (Å²) in [6, 6.07) is 6.17. The summed E-state index contributed by atoms with van der Waals surface area (Å²) in [6.07, 6.45) is 3.85. The molecule has 2 nitrogen and oxygen atoms in total. The number of ether oxygens (including phenoxy) is 1. The summed E-state index contributed by atoms with van der Waals surface area (Å²) in [5, 5.41) is 0. The van der Waals surface area contributed by atoms with E-state index < -0.39 is 0 Å². The predicted octanol–water partition coefficient (Wildman–Crippen LogP) is 2.50. The third-order valence-electron chi connectivity index (χ3n) is 3.81. The molecular formula is C14H15FO2. The molecule has 17 heavy (non-hydrogen) atoms. The van der Waals surface area contributed by atoms with Crippen LogP contribution >= 0.6 is 0 Å². The second kappa shape index (κ2) is 4.22. The fourth-order valence-corrected chi connectivity index (χ4v) is 2.91. The molecule has 3 unspecified atom stereocenters. The van der Waals surface area contributed by atoms with E-state index in [0.29, 0.717) is 12.5 Å². The van der Waals surface area contributed by atoms with Crippen molar-refractivity contribution in [2.75, 3.05) is 0 Å². The molecule has 1 aromatic carbocycles. The largest absolute Gasteiger partial charge is 0.374 e. The van der Waals surface area contributed by atoms with Crippen molar-refractivity contribution in [1.29, 1.82) is 0 Å². The molecule has 0 saturated carbocycles. The Balaban J connectivity index is 1.65. The summed E-state index contributed by atoms with van der Waals surface area (Å²) in [5.41, 5.74) is 0.888. The highest BCUT2D eigenvalue weighted by molar-refractivity contribution is 5.84. The molecule has 0 N–H and O–H groups in total. The first-order chi connectivity index (χ1) is 8.22. The van der Waals surface area contributed by atoms with Crippen LogP contribution in [0.4, 0.5) is 4.39 Å². The summed E-state index contributed by atoms with van der Waals surface area (Å²) in [6.45, 7) is 0. The molecule has 2 aliphatic heterocycles. The molecule has 0 aliphatic carbocycles. The molecule has 3 atom stereocenters. The maximum Gasteiger partial charge on any atom is 0.143 e. The van der Waals surface area contributed by atoms with E-state index in [-0.39, 0.29) is 23.6 Å². The molecule has 2 saturated heterocycles. The molecule has 3 heteroatoms. The van der Waals surface area contributed by atoms with Gasteiger partial charge in [-0.15, -0.1) is 0 Å². The average Bonchev–Trinajstić information content (AvgIpc) is 2.94. The van der Waals surface area contributed by atoms with Crippen LogP contribution in [0.5, 0.6) is 0 Å². The van der Waals surface area contributed by atoms with E-state index in [0.717, 1.165) is 24.8 Å². The van der Waals surface area contributed by atoms with Gasteiger partial charge < -0.3 is 4.74 Å². The van der Waals surface area contributed by atoms with E-state index in [9.17, 15) is 9.18 Å². The van der Waals surface area contributed by atoms with E-state index in [4.69, 9.17) is 4.74 Å². The van der Waals surface area contributed by atoms with Gasteiger partial charge in [-0.2, -0.15) is 0 Å². The standard InChI is InChI=1S/C14H15FO2/c15-10-3-1-9(2-4-10)7-13(16)12-8-11-5-6-14(12)17-11/h1-4,11-12,14H,5-8H2. The number of carbonyl (C=O) groups excluding carboxylic acids is 1. The van der Waals surface area contributed by atoms with Gasteiger partial charge in [0.2, 0.25) is 0 Å². The second-order valence-electron chi connectivity index (χ2n) is 4.99. The van der Waals surface area contributed by atoms with Crippen molar-refractivity contribution >= 4 is 5.78 Å². The number of hydrogen-bond acceptors (Lipinski definition) is 2. The number of Topliss-reactive ketones (excluding diaryl/α,β-unsaturated/α-hetero) is 1. The minimum Gasteiger partial charge on any atom is -0.374 e. The van der Waals surface area contributed by atoms with Crippen LogP contribution in [0.2, 0.25) is 0 Å². The normalized spacial score (nSPS) is 30.8. The minimum absolute atomic E-state index is 0.0683. The Labute approximate surface area is 99.8 Å². The van der Waals surface area contributed by atoms with Crippen LogP contribution < -0.4 is 0 Å². The Kier molecular flexibility index (Phi) is 2.71. The molecule has 90 valence electrons. The molecule has 3 rings (SSSR count). The molecule has 0 spiro atoms. The SMILES string of the molecule is O=C(Cc1ccc(F)cc1)C1CC2CCC1O2. The van der Waals surface area contributed by atoms with Crippen LogP contribution in [0.25, 0.3) is 0 Å². The monoisotopic (exact) mass is 234 g/mol. The Hall–Kier alpha value is -1.22. The van der Waals surface area contributed by atoms with Crippen molar-refractivity contribution in [2.45, 2.75) is 37.9 Å². The van der Waals surface area contributed by atoms with Crippen molar-refractivity contribution in [3.05, 3.63) is 35.6 Å². The van der Waals surface area contributed by atoms with Gasteiger partial charge in [0.05, 0.1) is 12.2 Å². The summed E-state index contributed by atoms with van der Waals surface area (Å²) >= 11 is 0. The lowest BCUT2D eigenvalue weighted by Crippen LogP contribution is -2.26. The first-order valence-electron chi connectivity index (χ1n) is 6.15. The third-order valence-corrected chi connectivity index (χ3v) is 3.81. The summed E-state index contributed by atoms with van der Waals surface area (Å²) in [5.74, 6) is 0.0482.